The second-order valence-electron chi connectivity index (χ2n) is 5.83. The Kier molecular flexibility index (Phi) is 4.16. The van der Waals surface area contributed by atoms with Crippen LogP contribution < -0.4 is 0 Å². The minimum atomic E-state index is -1.18. The van der Waals surface area contributed by atoms with Gasteiger partial charge in [0.05, 0.1) is 12.7 Å². The third-order valence-electron chi connectivity index (χ3n) is 4.62. The molecule has 23 heavy (non-hydrogen) atoms. The Hall–Kier alpha value is -2.60. The van der Waals surface area contributed by atoms with Gasteiger partial charge in [-0.1, -0.05) is 54.6 Å². The van der Waals surface area contributed by atoms with Crippen LogP contribution >= 0.6 is 0 Å². The highest BCUT2D eigenvalue weighted by Gasteiger charge is 2.47. The summed E-state index contributed by atoms with van der Waals surface area (Å²) in [6, 6.07) is 20.3. The number of hydrogen-bond donors (Lipinski definition) is 0. The Bertz CT molecular complexity index is 748. The van der Waals surface area contributed by atoms with Crippen LogP contribution in [0.2, 0.25) is 0 Å². The van der Waals surface area contributed by atoms with Crippen molar-refractivity contribution in [2.45, 2.75) is 31.1 Å². The molecule has 0 saturated heterocycles. The summed E-state index contributed by atoms with van der Waals surface area (Å²) < 4.78 is 5.21. The van der Waals surface area contributed by atoms with Crippen molar-refractivity contribution in [3.8, 4) is 6.07 Å². The van der Waals surface area contributed by atoms with E-state index >= 15 is 0 Å². The molecule has 0 amide bonds. The number of carbonyl (C=O) groups excluding carboxylic acids is 1. The van der Waals surface area contributed by atoms with E-state index in [1.165, 1.54) is 5.56 Å². The largest absolute Gasteiger partial charge is 0.465 e. The summed E-state index contributed by atoms with van der Waals surface area (Å²) in [5, 5.41) is 9.79. The van der Waals surface area contributed by atoms with E-state index in [0.717, 1.165) is 17.5 Å². The Labute approximate surface area is 136 Å². The first-order chi connectivity index (χ1) is 11.2. The summed E-state index contributed by atoms with van der Waals surface area (Å²) in [7, 11) is 0. The summed E-state index contributed by atoms with van der Waals surface area (Å²) in [5.41, 5.74) is 1.88. The molecule has 1 aliphatic carbocycles. The van der Waals surface area contributed by atoms with E-state index in [-0.39, 0.29) is 12.5 Å². The Morgan fingerprint density at radius 2 is 1.91 bits per heavy atom. The fourth-order valence-corrected chi connectivity index (χ4v) is 3.50. The highest BCUT2D eigenvalue weighted by atomic mass is 16.5. The summed E-state index contributed by atoms with van der Waals surface area (Å²) in [4.78, 5) is 12.5. The molecule has 0 N–H and O–H groups in total. The van der Waals surface area contributed by atoms with Crippen LogP contribution in [0.3, 0.4) is 0 Å². The van der Waals surface area contributed by atoms with E-state index in [4.69, 9.17) is 4.74 Å². The predicted octanol–water partition coefficient (Wildman–Crippen LogP) is 3.94. The first kappa shape index (κ1) is 15.3. The fourth-order valence-electron chi connectivity index (χ4n) is 3.50. The number of nitriles is 1. The van der Waals surface area contributed by atoms with Gasteiger partial charge < -0.3 is 4.74 Å². The molecule has 0 saturated carbocycles. The number of ether oxygens (including phenoxy) is 1. The van der Waals surface area contributed by atoms with Crippen molar-refractivity contribution < 1.29 is 9.53 Å². The lowest BCUT2D eigenvalue weighted by Crippen LogP contribution is -2.40. The molecular weight excluding hydrogens is 286 g/mol. The molecule has 3 nitrogen and oxygen atoms in total. The lowest BCUT2D eigenvalue weighted by Gasteiger charge is -2.35. The molecule has 0 unspecified atom stereocenters. The zero-order valence-electron chi connectivity index (χ0n) is 13.2. The summed E-state index contributed by atoms with van der Waals surface area (Å²) >= 11 is 0. The maximum atomic E-state index is 12.5. The first-order valence-electron chi connectivity index (χ1n) is 7.95. The molecular formula is C20H19NO2. The van der Waals surface area contributed by atoms with E-state index in [0.29, 0.717) is 6.42 Å². The van der Waals surface area contributed by atoms with Crippen molar-refractivity contribution in [3.63, 3.8) is 0 Å². The summed E-state index contributed by atoms with van der Waals surface area (Å²) in [6.45, 7) is 2.05. The van der Waals surface area contributed by atoms with Crippen LogP contribution in [0.15, 0.2) is 54.6 Å². The van der Waals surface area contributed by atoms with Gasteiger partial charge in [-0.15, -0.1) is 0 Å². The van der Waals surface area contributed by atoms with Gasteiger partial charge in [0.15, 0.2) is 5.41 Å². The molecule has 1 aliphatic rings. The van der Waals surface area contributed by atoms with Gasteiger partial charge in [0.1, 0.15) is 0 Å². The maximum absolute atomic E-state index is 12.5. The molecule has 0 heterocycles. The van der Waals surface area contributed by atoms with E-state index in [1.54, 1.807) is 6.92 Å². The van der Waals surface area contributed by atoms with Crippen molar-refractivity contribution in [1.82, 2.24) is 0 Å². The van der Waals surface area contributed by atoms with Crippen LogP contribution in [0.4, 0.5) is 0 Å². The molecule has 0 bridgehead atoms. The molecule has 3 heteroatoms. The monoisotopic (exact) mass is 305 g/mol. The van der Waals surface area contributed by atoms with E-state index < -0.39 is 11.4 Å². The summed E-state index contributed by atoms with van der Waals surface area (Å²) in [6.07, 6.45) is 1.24. The maximum Gasteiger partial charge on any atom is 0.331 e. The molecule has 2 aromatic rings. The standard InChI is InChI=1S/C20H19NO2/c1-2-23-19(22)20(14-21)13-12-16(15-8-4-3-5-9-15)17-10-6-7-11-18(17)20/h3-11,16H,2,12-13H2,1H3/t16-,20-/m0/s1. The van der Waals surface area contributed by atoms with Gasteiger partial charge in [0, 0.05) is 5.92 Å². The van der Waals surface area contributed by atoms with Gasteiger partial charge in [-0.25, -0.2) is 4.79 Å². The number of benzene rings is 2. The highest BCUT2D eigenvalue weighted by molar-refractivity contribution is 5.88. The quantitative estimate of drug-likeness (QED) is 0.807. The minimum Gasteiger partial charge on any atom is -0.465 e. The zero-order chi connectivity index (χ0) is 16.3. The number of hydrogen-bond acceptors (Lipinski definition) is 3. The van der Waals surface area contributed by atoms with Crippen LogP contribution in [0.5, 0.6) is 0 Å². The third kappa shape index (κ3) is 2.51. The lowest BCUT2D eigenvalue weighted by molar-refractivity contribution is -0.148. The third-order valence-corrected chi connectivity index (χ3v) is 4.62. The Balaban J connectivity index is 2.11. The van der Waals surface area contributed by atoms with E-state index in [1.807, 2.05) is 42.5 Å². The average molecular weight is 305 g/mol. The predicted molar refractivity (Wildman–Crippen MR) is 87.9 cm³/mol. The normalized spacial score (nSPS) is 22.7. The van der Waals surface area contributed by atoms with E-state index in [9.17, 15) is 10.1 Å². The van der Waals surface area contributed by atoms with Crippen molar-refractivity contribution in [1.29, 1.82) is 5.26 Å². The van der Waals surface area contributed by atoms with Gasteiger partial charge >= 0.3 is 5.97 Å². The molecule has 3 rings (SSSR count). The first-order valence-corrected chi connectivity index (χ1v) is 7.95. The molecule has 0 aliphatic heterocycles. The minimum absolute atomic E-state index is 0.211. The van der Waals surface area contributed by atoms with Crippen molar-refractivity contribution in [3.05, 3.63) is 71.3 Å². The number of rotatable bonds is 3. The van der Waals surface area contributed by atoms with Crippen molar-refractivity contribution in [2.24, 2.45) is 0 Å². The van der Waals surface area contributed by atoms with Crippen LogP contribution in [0.1, 0.15) is 42.4 Å². The Morgan fingerprint density at radius 1 is 1.22 bits per heavy atom. The van der Waals surface area contributed by atoms with Crippen molar-refractivity contribution >= 4 is 5.97 Å². The van der Waals surface area contributed by atoms with Crippen LogP contribution in [0.25, 0.3) is 0 Å². The Morgan fingerprint density at radius 3 is 2.61 bits per heavy atom. The molecule has 2 aromatic carbocycles. The van der Waals surface area contributed by atoms with Crippen LogP contribution in [0, 0.1) is 11.3 Å². The second-order valence-corrected chi connectivity index (χ2v) is 5.83. The summed E-state index contributed by atoms with van der Waals surface area (Å²) in [5.74, 6) is -0.218. The fraction of sp³-hybridized carbons (Fsp3) is 0.300. The topological polar surface area (TPSA) is 50.1 Å². The lowest BCUT2D eigenvalue weighted by atomic mass is 9.66. The SMILES string of the molecule is CCOC(=O)[C@]1(C#N)CC[C@@H](c2ccccc2)c2ccccc21. The smallest absolute Gasteiger partial charge is 0.331 e. The van der Waals surface area contributed by atoms with Crippen LogP contribution in [-0.2, 0) is 14.9 Å². The number of fused-ring (bicyclic) bond motifs is 1. The number of carbonyl (C=O) groups is 1. The number of esters is 1. The van der Waals surface area contributed by atoms with Gasteiger partial charge in [-0.2, -0.15) is 5.26 Å². The van der Waals surface area contributed by atoms with Gasteiger partial charge in [-0.3, -0.25) is 0 Å². The molecule has 0 radical (unpaired) electrons. The molecule has 116 valence electrons. The van der Waals surface area contributed by atoms with Crippen molar-refractivity contribution in [2.75, 3.05) is 6.61 Å². The highest BCUT2D eigenvalue weighted by Crippen LogP contribution is 2.45. The average Bonchev–Trinajstić information content (AvgIpc) is 2.61. The van der Waals surface area contributed by atoms with E-state index in [2.05, 4.69) is 18.2 Å². The van der Waals surface area contributed by atoms with Gasteiger partial charge in [0.25, 0.3) is 0 Å². The molecule has 2 atom stereocenters. The molecule has 0 spiro atoms. The van der Waals surface area contributed by atoms with Gasteiger partial charge in [-0.05, 0) is 36.5 Å². The second kappa shape index (κ2) is 6.26. The van der Waals surface area contributed by atoms with Crippen LogP contribution in [-0.4, -0.2) is 12.6 Å². The zero-order valence-corrected chi connectivity index (χ0v) is 13.2. The van der Waals surface area contributed by atoms with Gasteiger partial charge in [0.2, 0.25) is 0 Å². The molecule has 0 aromatic heterocycles. The number of nitrogens with zero attached hydrogens (tertiary/aromatic N) is 1. The molecule has 0 fully saturated rings.